The highest BCUT2D eigenvalue weighted by Gasteiger charge is 2.34. The summed E-state index contributed by atoms with van der Waals surface area (Å²) >= 11 is 5.50. The van der Waals surface area contributed by atoms with Crippen molar-refractivity contribution in [2.45, 2.75) is 39.9 Å². The van der Waals surface area contributed by atoms with Gasteiger partial charge in [0.2, 0.25) is 0 Å². The molecule has 0 aliphatic carbocycles. The summed E-state index contributed by atoms with van der Waals surface area (Å²) in [6.07, 6.45) is -4.45. The summed E-state index contributed by atoms with van der Waals surface area (Å²) in [6, 6.07) is 9.80. The molecule has 1 atom stereocenters. The minimum absolute atomic E-state index is 0.183. The molecule has 0 spiro atoms. The number of anilines is 2. The number of benzene rings is 2. The number of allylic oxidation sites excluding steroid dienone is 1. The van der Waals surface area contributed by atoms with Crippen LogP contribution in [-0.4, -0.2) is 35.2 Å². The van der Waals surface area contributed by atoms with Gasteiger partial charge in [-0.3, -0.25) is 0 Å². The predicted octanol–water partition coefficient (Wildman–Crippen LogP) is 6.07. The first kappa shape index (κ1) is 28.0. The van der Waals surface area contributed by atoms with E-state index in [1.807, 2.05) is 32.6 Å². The molecule has 1 aliphatic rings. The van der Waals surface area contributed by atoms with Gasteiger partial charge in [0.05, 0.1) is 23.8 Å². The highest BCUT2D eigenvalue weighted by molar-refractivity contribution is 7.80. The van der Waals surface area contributed by atoms with Crippen molar-refractivity contribution in [3.63, 3.8) is 0 Å². The van der Waals surface area contributed by atoms with E-state index in [2.05, 4.69) is 16.0 Å². The number of ether oxygens (including phenoxy) is 1. The topological polar surface area (TPSA) is 82.7 Å². The predicted molar refractivity (Wildman–Crippen MR) is 140 cm³/mol. The number of rotatable bonds is 7. The molecule has 11 heteroatoms. The van der Waals surface area contributed by atoms with Crippen LogP contribution in [0.3, 0.4) is 0 Å². The monoisotopic (exact) mass is 534 g/mol. The lowest BCUT2D eigenvalue weighted by atomic mass is 9.95. The smallest absolute Gasteiger partial charge is 0.416 e. The van der Waals surface area contributed by atoms with Gasteiger partial charge in [-0.05, 0) is 73.9 Å². The van der Waals surface area contributed by atoms with Crippen molar-refractivity contribution in [2.75, 3.05) is 23.8 Å². The molecule has 2 aromatic carbocycles. The molecule has 7 nitrogen and oxygen atoms in total. The maximum atomic E-state index is 13.0. The van der Waals surface area contributed by atoms with Gasteiger partial charge in [-0.15, -0.1) is 0 Å². The first-order valence-electron chi connectivity index (χ1n) is 11.7. The molecule has 0 saturated heterocycles. The van der Waals surface area contributed by atoms with Crippen LogP contribution in [0.25, 0.3) is 0 Å². The van der Waals surface area contributed by atoms with Gasteiger partial charge in [-0.2, -0.15) is 13.2 Å². The van der Waals surface area contributed by atoms with E-state index in [0.29, 0.717) is 28.6 Å². The lowest BCUT2D eigenvalue weighted by Crippen LogP contribution is -2.47. The highest BCUT2D eigenvalue weighted by atomic mass is 32.1. The van der Waals surface area contributed by atoms with E-state index < -0.39 is 29.8 Å². The maximum Gasteiger partial charge on any atom is 0.416 e. The van der Waals surface area contributed by atoms with Gasteiger partial charge < -0.3 is 25.6 Å². The number of urea groups is 1. The number of nitrogens with one attached hydrogen (secondary N) is 3. The first-order valence-corrected chi connectivity index (χ1v) is 12.1. The SMILES string of the molecule is CCN1C(=S)NC(c2ccc(NC(=O)Nc3ccc(C(F)(F)F)cc3)cc2)C(C(=O)OCC(C)C)=C1C. The number of thiocarbonyl (C=S) groups is 1. The number of carbonyl (C=O) groups excluding carboxylic acids is 2. The zero-order valence-corrected chi connectivity index (χ0v) is 21.7. The third-order valence-electron chi connectivity index (χ3n) is 5.65. The largest absolute Gasteiger partial charge is 0.462 e. The van der Waals surface area contributed by atoms with E-state index in [1.54, 1.807) is 24.3 Å². The summed E-state index contributed by atoms with van der Waals surface area (Å²) in [5.41, 5.74) is 1.77. The van der Waals surface area contributed by atoms with Crippen molar-refractivity contribution < 1.29 is 27.5 Å². The van der Waals surface area contributed by atoms with Crippen LogP contribution >= 0.6 is 12.2 Å². The Kier molecular flexibility index (Phi) is 8.80. The zero-order chi connectivity index (χ0) is 27.3. The average molecular weight is 535 g/mol. The number of esters is 1. The van der Waals surface area contributed by atoms with Crippen LogP contribution in [0.4, 0.5) is 29.3 Å². The summed E-state index contributed by atoms with van der Waals surface area (Å²) in [5.74, 6) is -0.245. The van der Waals surface area contributed by atoms with Crippen LogP contribution in [0.5, 0.6) is 0 Å². The third kappa shape index (κ3) is 7.00. The van der Waals surface area contributed by atoms with Gasteiger partial charge in [0.15, 0.2) is 5.11 Å². The fourth-order valence-corrected chi connectivity index (χ4v) is 4.18. The molecule has 1 aliphatic heterocycles. The molecule has 37 heavy (non-hydrogen) atoms. The standard InChI is InChI=1S/C26H29F3N4O3S/c1-5-33-16(4)21(23(34)36-14-15(2)3)22(32-25(33)37)17-6-10-19(11-7-17)30-24(35)31-20-12-8-18(9-13-20)26(27,28)29/h6-13,15,22H,5,14H2,1-4H3,(H,32,37)(H2,30,31,35). The summed E-state index contributed by atoms with van der Waals surface area (Å²) in [7, 11) is 0. The quantitative estimate of drug-likeness (QED) is 0.295. The number of alkyl halides is 3. The first-order chi connectivity index (χ1) is 17.4. The maximum absolute atomic E-state index is 13.0. The summed E-state index contributed by atoms with van der Waals surface area (Å²) in [6.45, 7) is 8.55. The second-order valence-electron chi connectivity index (χ2n) is 8.89. The normalized spacial score (nSPS) is 15.9. The lowest BCUT2D eigenvalue weighted by Gasteiger charge is -2.37. The Morgan fingerprint density at radius 1 is 1.05 bits per heavy atom. The molecule has 0 aromatic heterocycles. The van der Waals surface area contributed by atoms with E-state index in [1.165, 1.54) is 12.1 Å². The van der Waals surface area contributed by atoms with Crippen molar-refractivity contribution in [3.05, 3.63) is 70.9 Å². The number of hydrogen-bond acceptors (Lipinski definition) is 4. The van der Waals surface area contributed by atoms with Gasteiger partial charge in [0.1, 0.15) is 0 Å². The van der Waals surface area contributed by atoms with Gasteiger partial charge in [-0.25, -0.2) is 9.59 Å². The van der Waals surface area contributed by atoms with Gasteiger partial charge >= 0.3 is 18.2 Å². The molecule has 0 fully saturated rings. The fourth-order valence-electron chi connectivity index (χ4n) is 3.79. The van der Waals surface area contributed by atoms with E-state index >= 15 is 0 Å². The van der Waals surface area contributed by atoms with Crippen LogP contribution < -0.4 is 16.0 Å². The van der Waals surface area contributed by atoms with Crippen molar-refractivity contribution >= 4 is 40.7 Å². The Morgan fingerprint density at radius 2 is 1.59 bits per heavy atom. The number of carbonyl (C=O) groups is 2. The Hall–Kier alpha value is -3.60. The molecule has 0 saturated carbocycles. The van der Waals surface area contributed by atoms with Crippen molar-refractivity contribution in [2.24, 2.45) is 5.92 Å². The van der Waals surface area contributed by atoms with Gasteiger partial charge in [0.25, 0.3) is 0 Å². The number of halogens is 3. The molecular formula is C26H29F3N4O3S. The van der Waals surface area contributed by atoms with E-state index in [4.69, 9.17) is 17.0 Å². The van der Waals surface area contributed by atoms with Crippen LogP contribution in [0.15, 0.2) is 59.8 Å². The summed E-state index contributed by atoms with van der Waals surface area (Å²) in [4.78, 5) is 27.2. The fraction of sp³-hybridized carbons (Fsp3) is 0.346. The molecule has 0 radical (unpaired) electrons. The molecule has 2 amide bonds. The molecule has 0 bridgehead atoms. The Balaban J connectivity index is 1.74. The Labute approximate surface area is 219 Å². The van der Waals surface area contributed by atoms with Crippen molar-refractivity contribution in [3.8, 4) is 0 Å². The Bertz CT molecular complexity index is 1180. The number of amides is 2. The number of nitrogens with zero attached hydrogens (tertiary/aromatic N) is 1. The summed E-state index contributed by atoms with van der Waals surface area (Å²) in [5, 5.41) is 8.83. The minimum Gasteiger partial charge on any atom is -0.462 e. The highest BCUT2D eigenvalue weighted by Crippen LogP contribution is 2.32. The van der Waals surface area contributed by atoms with E-state index in [-0.39, 0.29) is 18.2 Å². The summed E-state index contributed by atoms with van der Waals surface area (Å²) < 4.78 is 43.7. The molecule has 3 rings (SSSR count). The minimum atomic E-state index is -4.45. The zero-order valence-electron chi connectivity index (χ0n) is 20.9. The lowest BCUT2D eigenvalue weighted by molar-refractivity contribution is -0.140. The molecule has 1 heterocycles. The van der Waals surface area contributed by atoms with E-state index in [9.17, 15) is 22.8 Å². The van der Waals surface area contributed by atoms with Crippen molar-refractivity contribution in [1.29, 1.82) is 0 Å². The van der Waals surface area contributed by atoms with Crippen LogP contribution in [0.2, 0.25) is 0 Å². The Morgan fingerprint density at radius 3 is 2.08 bits per heavy atom. The third-order valence-corrected chi connectivity index (χ3v) is 5.99. The van der Waals surface area contributed by atoms with Crippen LogP contribution in [0, 0.1) is 5.92 Å². The second kappa shape index (κ2) is 11.6. The van der Waals surface area contributed by atoms with E-state index in [0.717, 1.165) is 17.7 Å². The average Bonchev–Trinajstić information content (AvgIpc) is 2.82. The van der Waals surface area contributed by atoms with Crippen molar-refractivity contribution in [1.82, 2.24) is 10.2 Å². The second-order valence-corrected chi connectivity index (χ2v) is 9.28. The van der Waals surface area contributed by atoms with Gasteiger partial charge in [0, 0.05) is 23.6 Å². The molecular weight excluding hydrogens is 505 g/mol. The van der Waals surface area contributed by atoms with Gasteiger partial charge in [-0.1, -0.05) is 26.0 Å². The number of hydrogen-bond donors (Lipinski definition) is 3. The molecule has 1 unspecified atom stereocenters. The van der Waals surface area contributed by atoms with Crippen LogP contribution in [0.1, 0.15) is 44.9 Å². The van der Waals surface area contributed by atoms with Crippen LogP contribution in [-0.2, 0) is 15.7 Å². The molecule has 3 N–H and O–H groups in total. The molecule has 2 aromatic rings. The molecule has 198 valence electrons.